The number of rotatable bonds is 5. The maximum atomic E-state index is 12.2. The lowest BCUT2D eigenvalue weighted by molar-refractivity contribution is -0.137. The molecule has 0 aliphatic carbocycles. The molecule has 0 aromatic carbocycles. The van der Waals surface area contributed by atoms with Gasteiger partial charge in [0.2, 0.25) is 0 Å². The van der Waals surface area contributed by atoms with Crippen LogP contribution in [-0.4, -0.2) is 75.0 Å². The fourth-order valence-corrected chi connectivity index (χ4v) is 2.42. The Kier molecular flexibility index (Phi) is 4.33. The van der Waals surface area contributed by atoms with Gasteiger partial charge in [0, 0.05) is 19.6 Å². The van der Waals surface area contributed by atoms with Crippen molar-refractivity contribution in [1.82, 2.24) is 24.8 Å². The molecule has 1 aromatic heterocycles. The second kappa shape index (κ2) is 6.00. The quantitative estimate of drug-likeness (QED) is 0.784. The molecule has 2 heterocycles. The lowest BCUT2D eigenvalue weighted by Gasteiger charge is -2.25. The molecule has 1 atom stereocenters. The summed E-state index contributed by atoms with van der Waals surface area (Å²) in [5.74, 6) is -1.25. The van der Waals surface area contributed by atoms with Crippen molar-refractivity contribution in [1.29, 1.82) is 0 Å². The molecule has 8 heteroatoms. The van der Waals surface area contributed by atoms with Crippen LogP contribution in [0.2, 0.25) is 0 Å². The highest BCUT2D eigenvalue weighted by Gasteiger charge is 2.25. The predicted octanol–water partition coefficient (Wildman–Crippen LogP) is -0.471. The zero-order valence-electron chi connectivity index (χ0n) is 11.7. The highest BCUT2D eigenvalue weighted by molar-refractivity contribution is 5.91. The molecule has 110 valence electrons. The van der Waals surface area contributed by atoms with E-state index in [1.54, 1.807) is 11.9 Å². The van der Waals surface area contributed by atoms with Gasteiger partial charge in [-0.2, -0.15) is 0 Å². The van der Waals surface area contributed by atoms with Gasteiger partial charge in [-0.05, 0) is 26.4 Å². The highest BCUT2D eigenvalue weighted by Crippen LogP contribution is 2.16. The van der Waals surface area contributed by atoms with Crippen molar-refractivity contribution in [3.63, 3.8) is 0 Å². The Balaban J connectivity index is 1.95. The lowest BCUT2D eigenvalue weighted by atomic mass is 10.2. The first kappa shape index (κ1) is 14.4. The number of hydrogen-bond acceptors (Lipinski definition) is 5. The molecule has 1 aromatic rings. The molecular formula is C12H19N5O3. The third-order valence-corrected chi connectivity index (χ3v) is 3.56. The third kappa shape index (κ3) is 3.32. The van der Waals surface area contributed by atoms with Crippen LogP contribution in [0.15, 0.2) is 6.20 Å². The summed E-state index contributed by atoms with van der Waals surface area (Å²) in [5.41, 5.74) is 0.175. The number of aliphatic carboxylic acids is 1. The number of carbonyl (C=O) groups excluding carboxylic acids is 1. The monoisotopic (exact) mass is 281 g/mol. The number of carboxylic acid groups (broad SMARTS) is 1. The van der Waals surface area contributed by atoms with Crippen LogP contribution < -0.4 is 0 Å². The molecule has 0 spiro atoms. The molecule has 20 heavy (non-hydrogen) atoms. The number of carbonyl (C=O) groups is 2. The van der Waals surface area contributed by atoms with E-state index in [1.807, 2.05) is 0 Å². The molecule has 0 radical (unpaired) electrons. The van der Waals surface area contributed by atoms with Gasteiger partial charge in [0.15, 0.2) is 5.69 Å². The summed E-state index contributed by atoms with van der Waals surface area (Å²) in [6.45, 7) is 1.40. The summed E-state index contributed by atoms with van der Waals surface area (Å²) >= 11 is 0. The normalized spacial score (nSPS) is 19.2. The van der Waals surface area contributed by atoms with Crippen molar-refractivity contribution in [2.45, 2.75) is 25.4 Å². The predicted molar refractivity (Wildman–Crippen MR) is 70.3 cm³/mol. The summed E-state index contributed by atoms with van der Waals surface area (Å²) in [6.07, 6.45) is 3.60. The summed E-state index contributed by atoms with van der Waals surface area (Å²) in [4.78, 5) is 26.6. The number of nitrogens with zero attached hydrogens (tertiary/aromatic N) is 5. The Bertz CT molecular complexity index is 501. The minimum Gasteiger partial charge on any atom is -0.480 e. The zero-order valence-corrected chi connectivity index (χ0v) is 11.7. The summed E-state index contributed by atoms with van der Waals surface area (Å²) in [7, 11) is 3.78. The smallest absolute Gasteiger partial charge is 0.325 e. The molecule has 1 saturated heterocycles. The van der Waals surface area contributed by atoms with E-state index in [0.29, 0.717) is 12.6 Å². The average molecular weight is 281 g/mol. The minimum absolute atomic E-state index is 0.175. The fourth-order valence-electron chi connectivity index (χ4n) is 2.42. The van der Waals surface area contributed by atoms with Crippen molar-refractivity contribution in [3.8, 4) is 0 Å². The van der Waals surface area contributed by atoms with Gasteiger partial charge in [-0.15, -0.1) is 5.10 Å². The molecular weight excluding hydrogens is 262 g/mol. The van der Waals surface area contributed by atoms with Gasteiger partial charge in [0.1, 0.15) is 6.54 Å². The molecule has 1 unspecified atom stereocenters. The first-order valence-corrected chi connectivity index (χ1v) is 6.55. The molecule has 0 bridgehead atoms. The molecule has 0 saturated carbocycles. The van der Waals surface area contributed by atoms with Crippen LogP contribution in [0.1, 0.15) is 23.3 Å². The second-order valence-electron chi connectivity index (χ2n) is 5.16. The van der Waals surface area contributed by atoms with E-state index in [4.69, 9.17) is 5.11 Å². The number of likely N-dealkylation sites (tertiary alicyclic amines) is 1. The average Bonchev–Trinajstić information content (AvgIpc) is 2.98. The third-order valence-electron chi connectivity index (χ3n) is 3.56. The topological polar surface area (TPSA) is 91.6 Å². The van der Waals surface area contributed by atoms with Gasteiger partial charge in [-0.1, -0.05) is 5.21 Å². The van der Waals surface area contributed by atoms with Crippen LogP contribution in [0.5, 0.6) is 0 Å². The number of likely N-dealkylation sites (N-methyl/N-ethyl adjacent to an activating group) is 2. The van der Waals surface area contributed by atoms with Gasteiger partial charge in [-0.3, -0.25) is 9.59 Å². The van der Waals surface area contributed by atoms with Gasteiger partial charge in [0.05, 0.1) is 6.20 Å². The summed E-state index contributed by atoms with van der Waals surface area (Å²) < 4.78 is 1.14. The number of hydrogen-bond donors (Lipinski definition) is 1. The minimum atomic E-state index is -1.02. The first-order chi connectivity index (χ1) is 9.47. The Morgan fingerprint density at radius 2 is 2.30 bits per heavy atom. The standard InChI is InChI=1S/C12H19N5O3/c1-15-5-3-4-9(15)6-16(2)12(20)10-7-17(14-13-10)8-11(18)19/h7,9H,3-6,8H2,1-2H3,(H,18,19). The Morgan fingerprint density at radius 1 is 1.55 bits per heavy atom. The van der Waals surface area contributed by atoms with Crippen LogP contribution in [0.4, 0.5) is 0 Å². The van der Waals surface area contributed by atoms with Crippen LogP contribution in [-0.2, 0) is 11.3 Å². The van der Waals surface area contributed by atoms with Gasteiger partial charge in [0.25, 0.3) is 5.91 Å². The van der Waals surface area contributed by atoms with Crippen LogP contribution in [0.25, 0.3) is 0 Å². The van der Waals surface area contributed by atoms with Gasteiger partial charge in [-0.25, -0.2) is 4.68 Å². The largest absolute Gasteiger partial charge is 0.480 e. The van der Waals surface area contributed by atoms with Crippen molar-refractivity contribution < 1.29 is 14.7 Å². The van der Waals surface area contributed by atoms with Gasteiger partial charge < -0.3 is 14.9 Å². The maximum absolute atomic E-state index is 12.2. The Morgan fingerprint density at radius 3 is 2.90 bits per heavy atom. The number of carboxylic acids is 1. The zero-order chi connectivity index (χ0) is 14.7. The van der Waals surface area contributed by atoms with Crippen molar-refractivity contribution in [2.75, 3.05) is 27.2 Å². The van der Waals surface area contributed by atoms with E-state index in [0.717, 1.165) is 24.1 Å². The number of amides is 1. The Labute approximate surface area is 117 Å². The number of aromatic nitrogens is 3. The first-order valence-electron chi connectivity index (χ1n) is 6.55. The van der Waals surface area contributed by atoms with Crippen LogP contribution >= 0.6 is 0 Å². The van der Waals surface area contributed by atoms with E-state index >= 15 is 0 Å². The van der Waals surface area contributed by atoms with Crippen LogP contribution in [0.3, 0.4) is 0 Å². The van der Waals surface area contributed by atoms with E-state index in [1.165, 1.54) is 6.20 Å². The second-order valence-corrected chi connectivity index (χ2v) is 5.16. The molecule has 1 aliphatic heterocycles. The molecule has 8 nitrogen and oxygen atoms in total. The summed E-state index contributed by atoms with van der Waals surface area (Å²) in [6, 6.07) is 0.373. The van der Waals surface area contributed by atoms with Crippen molar-refractivity contribution in [2.24, 2.45) is 0 Å². The molecule has 1 fully saturated rings. The van der Waals surface area contributed by atoms with E-state index in [-0.39, 0.29) is 18.1 Å². The van der Waals surface area contributed by atoms with E-state index < -0.39 is 5.97 Å². The molecule has 1 N–H and O–H groups in total. The van der Waals surface area contributed by atoms with Gasteiger partial charge >= 0.3 is 5.97 Å². The Hall–Kier alpha value is -1.96. The molecule has 1 aliphatic rings. The van der Waals surface area contributed by atoms with E-state index in [2.05, 4.69) is 22.3 Å². The highest BCUT2D eigenvalue weighted by atomic mass is 16.4. The SMILES string of the molecule is CN(CC1CCCN1C)C(=O)c1cn(CC(=O)O)nn1. The van der Waals surface area contributed by atoms with E-state index in [9.17, 15) is 9.59 Å². The molecule has 1 amide bonds. The lowest BCUT2D eigenvalue weighted by Crippen LogP contribution is -2.39. The van der Waals surface area contributed by atoms with Crippen LogP contribution in [0, 0.1) is 0 Å². The summed E-state index contributed by atoms with van der Waals surface area (Å²) in [5, 5.41) is 16.0. The maximum Gasteiger partial charge on any atom is 0.325 e. The van der Waals surface area contributed by atoms with Crippen molar-refractivity contribution >= 4 is 11.9 Å². The van der Waals surface area contributed by atoms with Crippen molar-refractivity contribution in [3.05, 3.63) is 11.9 Å². The fraction of sp³-hybridized carbons (Fsp3) is 0.667. The molecule has 2 rings (SSSR count).